The number of halogens is 2. The summed E-state index contributed by atoms with van der Waals surface area (Å²) in [7, 11) is -4.01. The number of thiocarbonyl (C=S) groups is 1. The molecule has 1 fully saturated rings. The molecule has 2 aromatic carbocycles. The second kappa shape index (κ2) is 11.5. The van der Waals surface area contributed by atoms with Gasteiger partial charge >= 0.3 is 0 Å². The summed E-state index contributed by atoms with van der Waals surface area (Å²) in [5.41, 5.74) is 0.189. The molecule has 3 aromatic rings. The van der Waals surface area contributed by atoms with Crippen molar-refractivity contribution < 1.29 is 17.6 Å². The van der Waals surface area contributed by atoms with Crippen molar-refractivity contribution in [3.8, 4) is 17.6 Å². The van der Waals surface area contributed by atoms with Gasteiger partial charge in [-0.05, 0) is 73.6 Å². The fourth-order valence-corrected chi connectivity index (χ4v) is 5.98. The topological polar surface area (TPSA) is 108 Å². The van der Waals surface area contributed by atoms with E-state index in [1.165, 1.54) is 30.3 Å². The molecule has 0 bridgehead atoms. The Balaban J connectivity index is 1.43. The van der Waals surface area contributed by atoms with Gasteiger partial charge in [-0.2, -0.15) is 5.26 Å². The molecule has 0 radical (unpaired) electrons. The van der Waals surface area contributed by atoms with Crippen LogP contribution in [0.5, 0.6) is 11.5 Å². The van der Waals surface area contributed by atoms with E-state index < -0.39 is 10.0 Å². The van der Waals surface area contributed by atoms with E-state index in [2.05, 4.69) is 10.0 Å². The zero-order valence-electron chi connectivity index (χ0n) is 18.9. The number of ether oxygens (including phenoxy) is 1. The van der Waals surface area contributed by atoms with E-state index in [1.54, 1.807) is 12.3 Å². The minimum Gasteiger partial charge on any atom is -0.467 e. The van der Waals surface area contributed by atoms with E-state index in [-0.39, 0.29) is 28.0 Å². The van der Waals surface area contributed by atoms with Crippen molar-refractivity contribution in [2.24, 2.45) is 0 Å². The third kappa shape index (κ3) is 6.69. The number of nitrogens with one attached hydrogen (secondary N) is 2. The summed E-state index contributed by atoms with van der Waals surface area (Å²) >= 11 is 17.5. The monoisotopic (exact) mass is 564 g/mol. The molecule has 1 aromatic heterocycles. The molecule has 2 N–H and O–H groups in total. The van der Waals surface area contributed by atoms with E-state index in [0.717, 1.165) is 5.76 Å². The van der Waals surface area contributed by atoms with Crippen LogP contribution in [0.25, 0.3) is 0 Å². The third-order valence-corrected chi connectivity index (χ3v) is 7.90. The first-order valence-corrected chi connectivity index (χ1v) is 13.6. The van der Waals surface area contributed by atoms with Crippen LogP contribution in [-0.4, -0.2) is 37.6 Å². The van der Waals surface area contributed by atoms with Crippen molar-refractivity contribution in [2.75, 3.05) is 13.1 Å². The summed E-state index contributed by atoms with van der Waals surface area (Å²) in [5.74, 6) is 1.11. The maximum atomic E-state index is 13.3. The molecule has 2 heterocycles. The fraction of sp³-hybridized carbons (Fsp3) is 0.250. The molecule has 8 nitrogen and oxygen atoms in total. The molecule has 0 atom stereocenters. The molecular weight excluding hydrogens is 543 g/mol. The van der Waals surface area contributed by atoms with Gasteiger partial charge in [-0.3, -0.25) is 0 Å². The predicted octanol–water partition coefficient (Wildman–Crippen LogP) is 5.07. The second-order valence-electron chi connectivity index (χ2n) is 8.10. The van der Waals surface area contributed by atoms with Gasteiger partial charge < -0.3 is 19.4 Å². The van der Waals surface area contributed by atoms with Crippen LogP contribution in [-0.2, 0) is 16.6 Å². The highest BCUT2D eigenvalue weighted by molar-refractivity contribution is 7.89. The first-order valence-electron chi connectivity index (χ1n) is 11.0. The Hall–Kier alpha value is -2.81. The van der Waals surface area contributed by atoms with Crippen LogP contribution in [0.1, 0.15) is 24.2 Å². The summed E-state index contributed by atoms with van der Waals surface area (Å²) in [6.45, 7) is 1.65. The maximum absolute atomic E-state index is 13.3. The van der Waals surface area contributed by atoms with Gasteiger partial charge in [0.25, 0.3) is 0 Å². The summed E-state index contributed by atoms with van der Waals surface area (Å²) in [6, 6.07) is 14.1. The Morgan fingerprint density at radius 3 is 2.53 bits per heavy atom. The number of furan rings is 1. The molecular formula is C24H22Cl2N4O4S2. The lowest BCUT2D eigenvalue weighted by molar-refractivity contribution is 0.297. The first kappa shape index (κ1) is 26.3. The Bertz CT molecular complexity index is 1360. The lowest BCUT2D eigenvalue weighted by atomic mass is 10.1. The molecule has 0 saturated carbocycles. The zero-order valence-corrected chi connectivity index (χ0v) is 22.1. The minimum absolute atomic E-state index is 0.0561. The van der Waals surface area contributed by atoms with Crippen molar-refractivity contribution >= 4 is 50.6 Å². The summed E-state index contributed by atoms with van der Waals surface area (Å²) in [5, 5.41) is 13.7. The lowest BCUT2D eigenvalue weighted by Crippen LogP contribution is -2.49. The number of piperidine rings is 1. The molecule has 1 aliphatic heterocycles. The molecule has 0 unspecified atom stereocenters. The van der Waals surface area contributed by atoms with Crippen LogP contribution in [0.3, 0.4) is 0 Å². The quantitative estimate of drug-likeness (QED) is 0.383. The Labute approximate surface area is 224 Å². The van der Waals surface area contributed by atoms with E-state index in [9.17, 15) is 13.7 Å². The summed E-state index contributed by atoms with van der Waals surface area (Å²) in [4.78, 5) is 1.85. The number of nitriles is 1. The Morgan fingerprint density at radius 1 is 1.17 bits per heavy atom. The molecule has 0 amide bonds. The number of rotatable bonds is 7. The Morgan fingerprint density at radius 2 is 1.89 bits per heavy atom. The van der Waals surface area contributed by atoms with Crippen LogP contribution in [0.4, 0.5) is 0 Å². The number of hydrogen-bond acceptors (Lipinski definition) is 6. The van der Waals surface area contributed by atoms with Crippen LogP contribution in [0, 0.1) is 11.3 Å². The maximum Gasteiger partial charge on any atom is 0.244 e. The highest BCUT2D eigenvalue weighted by Gasteiger charge is 2.28. The van der Waals surface area contributed by atoms with Crippen molar-refractivity contribution in [2.45, 2.75) is 30.3 Å². The largest absolute Gasteiger partial charge is 0.467 e. The van der Waals surface area contributed by atoms with Crippen LogP contribution in [0.2, 0.25) is 10.0 Å². The summed E-state index contributed by atoms with van der Waals surface area (Å²) in [6.07, 6.45) is 2.71. The normalized spacial score (nSPS) is 14.3. The van der Waals surface area contributed by atoms with Gasteiger partial charge in [0.05, 0.1) is 24.4 Å². The number of hydrogen-bond donors (Lipinski definition) is 2. The molecule has 0 spiro atoms. The third-order valence-electron chi connectivity index (χ3n) is 5.52. The highest BCUT2D eigenvalue weighted by atomic mass is 35.5. The lowest BCUT2D eigenvalue weighted by Gasteiger charge is -2.34. The molecule has 12 heteroatoms. The van der Waals surface area contributed by atoms with Gasteiger partial charge in [-0.25, -0.2) is 13.1 Å². The minimum atomic E-state index is -4.01. The predicted molar refractivity (Wildman–Crippen MR) is 141 cm³/mol. The van der Waals surface area contributed by atoms with Crippen molar-refractivity contribution in [3.05, 3.63) is 76.2 Å². The molecule has 0 aliphatic carbocycles. The van der Waals surface area contributed by atoms with E-state index >= 15 is 0 Å². The van der Waals surface area contributed by atoms with Crippen molar-refractivity contribution in [1.29, 1.82) is 5.26 Å². The average molecular weight is 566 g/mol. The van der Waals surface area contributed by atoms with Gasteiger partial charge in [0.15, 0.2) is 5.11 Å². The van der Waals surface area contributed by atoms with Crippen molar-refractivity contribution in [1.82, 2.24) is 14.9 Å². The number of likely N-dealkylation sites (tertiary alicyclic amines) is 1. The van der Waals surface area contributed by atoms with Crippen LogP contribution in [0.15, 0.2) is 64.1 Å². The SMILES string of the molecule is N#Cc1ccc(Oc2cc(Cl)cc(Cl)c2)c(S(=O)(=O)NC2CCN(C(=S)NCc3ccco3)CC2)c1. The van der Waals surface area contributed by atoms with Gasteiger partial charge in [-0.1, -0.05) is 23.2 Å². The van der Waals surface area contributed by atoms with Gasteiger partial charge in [0.1, 0.15) is 22.2 Å². The zero-order chi connectivity index (χ0) is 25.7. The van der Waals surface area contributed by atoms with Crippen LogP contribution < -0.4 is 14.8 Å². The van der Waals surface area contributed by atoms with Gasteiger partial charge in [-0.15, -0.1) is 0 Å². The van der Waals surface area contributed by atoms with E-state index in [4.69, 9.17) is 44.6 Å². The smallest absolute Gasteiger partial charge is 0.244 e. The highest BCUT2D eigenvalue weighted by Crippen LogP contribution is 2.33. The fourth-order valence-electron chi connectivity index (χ4n) is 3.76. The van der Waals surface area contributed by atoms with Gasteiger partial charge in [0, 0.05) is 29.2 Å². The molecule has 1 saturated heterocycles. The second-order valence-corrected chi connectivity index (χ2v) is 11.0. The van der Waals surface area contributed by atoms with E-state index in [0.29, 0.717) is 47.6 Å². The van der Waals surface area contributed by atoms with Crippen LogP contribution >= 0.6 is 35.4 Å². The molecule has 188 valence electrons. The number of sulfonamides is 1. The van der Waals surface area contributed by atoms with Crippen molar-refractivity contribution in [3.63, 3.8) is 0 Å². The van der Waals surface area contributed by atoms with Gasteiger partial charge in [0.2, 0.25) is 10.0 Å². The standard InChI is InChI=1S/C24H22Cl2N4O4S2/c25-17-11-18(26)13-21(12-17)34-22-4-3-16(14-27)10-23(22)36(31,32)29-19-5-7-30(8-6-19)24(35)28-15-20-2-1-9-33-20/h1-4,9-13,19,29H,5-8,15H2,(H,28,35). The first-order chi connectivity index (χ1) is 17.2. The average Bonchev–Trinajstić information content (AvgIpc) is 3.36. The molecule has 1 aliphatic rings. The number of benzene rings is 2. The number of nitrogens with zero attached hydrogens (tertiary/aromatic N) is 2. The Kier molecular flexibility index (Phi) is 8.39. The van der Waals surface area contributed by atoms with E-state index in [1.807, 2.05) is 23.1 Å². The molecule has 36 heavy (non-hydrogen) atoms. The molecule has 4 rings (SSSR count). The summed E-state index contributed by atoms with van der Waals surface area (Å²) < 4.78 is 40.6.